The van der Waals surface area contributed by atoms with Gasteiger partial charge in [0, 0.05) is 6.92 Å². The van der Waals surface area contributed by atoms with Gasteiger partial charge in [-0.3, -0.25) is 4.79 Å². The molecule has 0 aliphatic heterocycles. The van der Waals surface area contributed by atoms with Gasteiger partial charge in [-0.2, -0.15) is 0 Å². The largest absolute Gasteiger partial charge is 0.288 e. The Morgan fingerprint density at radius 3 is 2.50 bits per heavy atom. The van der Waals surface area contributed by atoms with Crippen molar-refractivity contribution in [3.8, 4) is 0 Å². The molecule has 0 aliphatic carbocycles. The molecule has 0 spiro atoms. The molecule has 0 saturated heterocycles. The molecule has 0 rings (SSSR count). The molecule has 1 nitrogen and oxygen atoms in total. The van der Waals surface area contributed by atoms with Crippen LogP contribution in [0.15, 0.2) is 0 Å². The minimum Gasteiger partial charge on any atom is -0.288 e. The predicted octanol–water partition coefficient (Wildman–Crippen LogP) is 1.62. The van der Waals surface area contributed by atoms with Crippen molar-refractivity contribution in [1.82, 2.24) is 0 Å². The van der Waals surface area contributed by atoms with E-state index in [1.54, 1.807) is 6.92 Å². The van der Waals surface area contributed by atoms with E-state index in [0.717, 1.165) is 0 Å². The van der Waals surface area contributed by atoms with Crippen LogP contribution in [0.5, 0.6) is 0 Å². The zero-order valence-electron chi connectivity index (χ0n) is 3.40. The smallest absolute Gasteiger partial charge is 0.186 e. The molecule has 0 amide bonds. The van der Waals surface area contributed by atoms with Gasteiger partial charge in [0.25, 0.3) is 0 Å². The van der Waals surface area contributed by atoms with E-state index in [-0.39, 0.29) is 5.12 Å². The number of hydrogen-bond donors (Lipinski definition) is 0. The second kappa shape index (κ2) is 3.68. The van der Waals surface area contributed by atoms with Gasteiger partial charge < -0.3 is 0 Å². The summed E-state index contributed by atoms with van der Waals surface area (Å²) >= 11 is 4.36. The predicted molar refractivity (Wildman–Crippen MR) is 32.1 cm³/mol. The first-order valence-electron chi connectivity index (χ1n) is 1.46. The molecule has 0 atom stereocenters. The maximum Gasteiger partial charge on any atom is 0.186 e. The molecular formula is C3H5BrOS. The van der Waals surface area contributed by atoms with E-state index >= 15 is 0 Å². The zero-order chi connectivity index (χ0) is 4.99. The standard InChI is InChI=1S/C3H5BrOS/c1-3(5)6-2-4/h2H2,1H3. The Kier molecular flexibility index (Phi) is 3.99. The van der Waals surface area contributed by atoms with Crippen molar-refractivity contribution >= 4 is 32.8 Å². The van der Waals surface area contributed by atoms with E-state index in [0.29, 0.717) is 4.66 Å². The van der Waals surface area contributed by atoms with E-state index in [1.807, 2.05) is 0 Å². The number of carbonyl (C=O) groups is 1. The van der Waals surface area contributed by atoms with Crippen LogP contribution in [0.25, 0.3) is 0 Å². The van der Waals surface area contributed by atoms with Gasteiger partial charge in [0.15, 0.2) is 5.12 Å². The summed E-state index contributed by atoms with van der Waals surface area (Å²) in [7, 11) is 0. The summed E-state index contributed by atoms with van der Waals surface area (Å²) in [4.78, 5) is 9.98. The van der Waals surface area contributed by atoms with Gasteiger partial charge in [0.05, 0.1) is 4.66 Å². The number of hydrogen-bond acceptors (Lipinski definition) is 2. The molecule has 0 N–H and O–H groups in total. The lowest BCUT2D eigenvalue weighted by atomic mass is 10.9. The molecule has 0 radical (unpaired) electrons. The Bertz CT molecular complexity index is 54.8. The SMILES string of the molecule is CC(=O)SCBr. The van der Waals surface area contributed by atoms with Gasteiger partial charge in [-0.05, 0) is 0 Å². The molecular weight excluding hydrogens is 164 g/mol. The minimum atomic E-state index is 0.159. The molecule has 0 aliphatic rings. The fraction of sp³-hybridized carbons (Fsp3) is 0.667. The summed E-state index contributed by atoms with van der Waals surface area (Å²) in [6, 6.07) is 0. The second-order valence-electron chi connectivity index (χ2n) is 0.745. The van der Waals surface area contributed by atoms with E-state index in [1.165, 1.54) is 11.8 Å². The number of thioether (sulfide) groups is 1. The molecule has 0 heterocycles. The van der Waals surface area contributed by atoms with Gasteiger partial charge in [0.1, 0.15) is 0 Å². The molecule has 0 fully saturated rings. The molecule has 0 bridgehead atoms. The van der Waals surface area contributed by atoms with Gasteiger partial charge in [0.2, 0.25) is 0 Å². The van der Waals surface area contributed by atoms with Crippen LogP contribution in [0.4, 0.5) is 0 Å². The quantitative estimate of drug-likeness (QED) is 0.554. The first-order chi connectivity index (χ1) is 2.77. The Morgan fingerprint density at radius 1 is 2.00 bits per heavy atom. The maximum absolute atomic E-state index is 9.98. The summed E-state index contributed by atoms with van der Waals surface area (Å²) < 4.78 is 0.711. The van der Waals surface area contributed by atoms with E-state index in [9.17, 15) is 4.79 Å². The van der Waals surface area contributed by atoms with Crippen LogP contribution < -0.4 is 0 Å². The van der Waals surface area contributed by atoms with Crippen molar-refractivity contribution in [2.24, 2.45) is 0 Å². The van der Waals surface area contributed by atoms with Crippen LogP contribution in [-0.4, -0.2) is 9.78 Å². The van der Waals surface area contributed by atoms with E-state index in [2.05, 4.69) is 15.9 Å². The third-order valence-corrected chi connectivity index (χ3v) is 1.46. The summed E-state index contributed by atoms with van der Waals surface area (Å²) in [6.07, 6.45) is 0. The summed E-state index contributed by atoms with van der Waals surface area (Å²) in [5, 5.41) is 0.159. The highest BCUT2D eigenvalue weighted by Crippen LogP contribution is 2.03. The molecule has 0 aromatic carbocycles. The Balaban J connectivity index is 2.83. The Labute approximate surface area is 49.6 Å². The van der Waals surface area contributed by atoms with E-state index < -0.39 is 0 Å². The van der Waals surface area contributed by atoms with Crippen molar-refractivity contribution in [3.05, 3.63) is 0 Å². The topological polar surface area (TPSA) is 17.1 Å². The van der Waals surface area contributed by atoms with Gasteiger partial charge >= 0.3 is 0 Å². The van der Waals surface area contributed by atoms with Gasteiger partial charge in [-0.1, -0.05) is 27.7 Å². The molecule has 0 saturated carbocycles. The highest BCUT2D eigenvalue weighted by molar-refractivity contribution is 9.11. The lowest BCUT2D eigenvalue weighted by Crippen LogP contribution is -1.76. The summed E-state index contributed by atoms with van der Waals surface area (Å²) in [6.45, 7) is 1.55. The monoisotopic (exact) mass is 168 g/mol. The van der Waals surface area contributed by atoms with Gasteiger partial charge in [-0.25, -0.2) is 0 Å². The molecule has 0 unspecified atom stereocenters. The maximum atomic E-state index is 9.98. The van der Waals surface area contributed by atoms with Crippen LogP contribution in [-0.2, 0) is 4.79 Å². The average molecular weight is 169 g/mol. The lowest BCUT2D eigenvalue weighted by molar-refractivity contribution is -0.109. The average Bonchev–Trinajstić information content (AvgIpc) is 1.35. The molecule has 36 valence electrons. The summed E-state index contributed by atoms with van der Waals surface area (Å²) in [5.74, 6) is 0. The third-order valence-electron chi connectivity index (χ3n) is 0.258. The van der Waals surface area contributed by atoms with Crippen molar-refractivity contribution in [2.45, 2.75) is 6.92 Å². The number of alkyl halides is 1. The fourth-order valence-electron chi connectivity index (χ4n) is 0.0768. The van der Waals surface area contributed by atoms with Crippen molar-refractivity contribution in [2.75, 3.05) is 4.66 Å². The van der Waals surface area contributed by atoms with E-state index in [4.69, 9.17) is 0 Å². The molecule has 0 aromatic heterocycles. The van der Waals surface area contributed by atoms with Crippen LogP contribution in [0, 0.1) is 0 Å². The molecule has 3 heteroatoms. The van der Waals surface area contributed by atoms with Crippen molar-refractivity contribution in [3.63, 3.8) is 0 Å². The fourth-order valence-corrected chi connectivity index (χ4v) is 1.20. The summed E-state index contributed by atoms with van der Waals surface area (Å²) in [5.41, 5.74) is 0. The van der Waals surface area contributed by atoms with Crippen molar-refractivity contribution < 1.29 is 4.79 Å². The Morgan fingerprint density at radius 2 is 2.50 bits per heavy atom. The highest BCUT2D eigenvalue weighted by Gasteiger charge is 1.85. The number of halogens is 1. The highest BCUT2D eigenvalue weighted by atomic mass is 79.9. The number of carbonyl (C=O) groups excluding carboxylic acids is 1. The van der Waals surface area contributed by atoms with Crippen LogP contribution in [0.1, 0.15) is 6.92 Å². The zero-order valence-corrected chi connectivity index (χ0v) is 5.80. The third kappa shape index (κ3) is 4.50. The second-order valence-corrected chi connectivity index (χ2v) is 3.20. The normalized spacial score (nSPS) is 8.33. The number of rotatable bonds is 1. The van der Waals surface area contributed by atoms with Gasteiger partial charge in [-0.15, -0.1) is 0 Å². The lowest BCUT2D eigenvalue weighted by Gasteiger charge is -1.79. The first-order valence-corrected chi connectivity index (χ1v) is 3.57. The first kappa shape index (κ1) is 6.50. The van der Waals surface area contributed by atoms with Crippen LogP contribution in [0.3, 0.4) is 0 Å². The Hall–Kier alpha value is 0.500. The van der Waals surface area contributed by atoms with Crippen molar-refractivity contribution in [1.29, 1.82) is 0 Å². The molecule has 0 aromatic rings. The van der Waals surface area contributed by atoms with Crippen LogP contribution >= 0.6 is 27.7 Å². The molecule has 6 heavy (non-hydrogen) atoms. The minimum absolute atomic E-state index is 0.159. The van der Waals surface area contributed by atoms with Crippen LogP contribution in [0.2, 0.25) is 0 Å².